The van der Waals surface area contributed by atoms with E-state index in [0.717, 1.165) is 0 Å². The number of hydrogen-bond acceptors (Lipinski definition) is 5. The quantitative estimate of drug-likeness (QED) is 0.886. The molecule has 1 heterocycles. The van der Waals surface area contributed by atoms with Crippen molar-refractivity contribution in [1.82, 2.24) is 9.97 Å². The molecule has 2 aromatic rings. The fourth-order valence-electron chi connectivity index (χ4n) is 1.30. The van der Waals surface area contributed by atoms with E-state index in [1.807, 2.05) is 0 Å². The standard InChI is InChI=1S/C13H12N2O4/c1-9(13(16)17)18-10-2-4-11(5-3-10)19-12-8-14-6-7-15-12/h2-9H,1H3,(H,16,17)/t9-/m1/s1. The topological polar surface area (TPSA) is 81.5 Å². The lowest BCUT2D eigenvalue weighted by atomic mass is 10.3. The smallest absolute Gasteiger partial charge is 0.344 e. The number of rotatable bonds is 5. The second-order valence-electron chi connectivity index (χ2n) is 3.72. The van der Waals surface area contributed by atoms with Crippen molar-refractivity contribution < 1.29 is 19.4 Å². The van der Waals surface area contributed by atoms with Crippen LogP contribution in [0.3, 0.4) is 0 Å². The summed E-state index contributed by atoms with van der Waals surface area (Å²) in [7, 11) is 0. The lowest BCUT2D eigenvalue weighted by Crippen LogP contribution is -2.22. The van der Waals surface area contributed by atoms with Gasteiger partial charge < -0.3 is 14.6 Å². The second kappa shape index (κ2) is 5.81. The highest BCUT2D eigenvalue weighted by Gasteiger charge is 2.12. The van der Waals surface area contributed by atoms with Crippen molar-refractivity contribution in [3.05, 3.63) is 42.9 Å². The van der Waals surface area contributed by atoms with Gasteiger partial charge in [0, 0.05) is 12.4 Å². The minimum absolute atomic E-state index is 0.384. The van der Waals surface area contributed by atoms with E-state index in [1.165, 1.54) is 19.3 Å². The Kier molecular flexibility index (Phi) is 3.92. The van der Waals surface area contributed by atoms with Gasteiger partial charge in [-0.3, -0.25) is 4.98 Å². The van der Waals surface area contributed by atoms with Crippen LogP contribution in [0.5, 0.6) is 17.4 Å². The van der Waals surface area contributed by atoms with Crippen LogP contribution in [0.1, 0.15) is 6.92 Å². The molecule has 0 bridgehead atoms. The molecule has 0 fully saturated rings. The molecule has 0 radical (unpaired) electrons. The molecular weight excluding hydrogens is 248 g/mol. The Morgan fingerprint density at radius 3 is 2.47 bits per heavy atom. The van der Waals surface area contributed by atoms with Gasteiger partial charge in [-0.05, 0) is 31.2 Å². The molecule has 6 nitrogen and oxygen atoms in total. The van der Waals surface area contributed by atoms with Gasteiger partial charge in [0.15, 0.2) is 6.10 Å². The first-order valence-electron chi connectivity index (χ1n) is 5.58. The number of aliphatic carboxylic acids is 1. The van der Waals surface area contributed by atoms with Crippen molar-refractivity contribution in [3.8, 4) is 17.4 Å². The zero-order valence-corrected chi connectivity index (χ0v) is 10.2. The summed E-state index contributed by atoms with van der Waals surface area (Å²) in [6.07, 6.45) is 3.68. The van der Waals surface area contributed by atoms with Crippen LogP contribution < -0.4 is 9.47 Å². The minimum Gasteiger partial charge on any atom is -0.479 e. The summed E-state index contributed by atoms with van der Waals surface area (Å²) in [6.45, 7) is 1.46. The number of carboxylic acid groups (broad SMARTS) is 1. The summed E-state index contributed by atoms with van der Waals surface area (Å²) >= 11 is 0. The van der Waals surface area contributed by atoms with Gasteiger partial charge in [-0.1, -0.05) is 0 Å². The molecule has 0 aliphatic rings. The molecule has 98 valence electrons. The van der Waals surface area contributed by atoms with E-state index < -0.39 is 12.1 Å². The molecule has 1 N–H and O–H groups in total. The van der Waals surface area contributed by atoms with Crippen LogP contribution in [-0.2, 0) is 4.79 Å². The van der Waals surface area contributed by atoms with Gasteiger partial charge in [-0.2, -0.15) is 0 Å². The Balaban J connectivity index is 2.01. The van der Waals surface area contributed by atoms with Crippen LogP contribution >= 0.6 is 0 Å². The first-order chi connectivity index (χ1) is 9.15. The van der Waals surface area contributed by atoms with E-state index in [2.05, 4.69) is 9.97 Å². The van der Waals surface area contributed by atoms with E-state index in [-0.39, 0.29) is 0 Å². The number of carbonyl (C=O) groups is 1. The van der Waals surface area contributed by atoms with Crippen molar-refractivity contribution in [2.24, 2.45) is 0 Å². The zero-order chi connectivity index (χ0) is 13.7. The first-order valence-corrected chi connectivity index (χ1v) is 5.58. The number of nitrogens with zero attached hydrogens (tertiary/aromatic N) is 2. The number of benzene rings is 1. The summed E-state index contributed by atoms with van der Waals surface area (Å²) in [5.74, 6) is 0.396. The monoisotopic (exact) mass is 260 g/mol. The summed E-state index contributed by atoms with van der Waals surface area (Å²) in [4.78, 5) is 18.5. The fraction of sp³-hybridized carbons (Fsp3) is 0.154. The molecule has 0 amide bonds. The molecule has 0 aliphatic heterocycles. The highest BCUT2D eigenvalue weighted by atomic mass is 16.5. The van der Waals surface area contributed by atoms with E-state index in [9.17, 15) is 4.79 Å². The summed E-state index contributed by atoms with van der Waals surface area (Å²) in [5.41, 5.74) is 0. The third-order valence-corrected chi connectivity index (χ3v) is 2.25. The van der Waals surface area contributed by atoms with Gasteiger partial charge in [0.25, 0.3) is 0 Å². The van der Waals surface area contributed by atoms with Crippen LogP contribution in [0.25, 0.3) is 0 Å². The molecule has 0 spiro atoms. The number of carboxylic acids is 1. The number of ether oxygens (including phenoxy) is 2. The predicted octanol–water partition coefficient (Wildman–Crippen LogP) is 2.12. The molecule has 0 saturated heterocycles. The minimum atomic E-state index is -1.01. The van der Waals surface area contributed by atoms with Crippen molar-refractivity contribution in [1.29, 1.82) is 0 Å². The number of hydrogen-bond donors (Lipinski definition) is 1. The maximum absolute atomic E-state index is 10.6. The van der Waals surface area contributed by atoms with Gasteiger partial charge in [-0.25, -0.2) is 9.78 Å². The maximum Gasteiger partial charge on any atom is 0.344 e. The molecular formula is C13H12N2O4. The van der Waals surface area contributed by atoms with Gasteiger partial charge in [0.05, 0.1) is 6.20 Å². The summed E-state index contributed by atoms with van der Waals surface area (Å²) in [6, 6.07) is 6.59. The van der Waals surface area contributed by atoms with Crippen molar-refractivity contribution >= 4 is 5.97 Å². The summed E-state index contributed by atoms with van der Waals surface area (Å²) < 4.78 is 10.6. The van der Waals surface area contributed by atoms with Crippen LogP contribution in [0.15, 0.2) is 42.9 Å². The third kappa shape index (κ3) is 3.67. The molecule has 19 heavy (non-hydrogen) atoms. The van der Waals surface area contributed by atoms with Crippen LogP contribution in [0.2, 0.25) is 0 Å². The Morgan fingerprint density at radius 2 is 1.89 bits per heavy atom. The summed E-state index contributed by atoms with van der Waals surface area (Å²) in [5, 5.41) is 8.73. The average molecular weight is 260 g/mol. The second-order valence-corrected chi connectivity index (χ2v) is 3.72. The van der Waals surface area contributed by atoms with E-state index in [1.54, 1.807) is 30.5 Å². The average Bonchev–Trinajstić information content (AvgIpc) is 2.42. The van der Waals surface area contributed by atoms with E-state index in [4.69, 9.17) is 14.6 Å². The van der Waals surface area contributed by atoms with Gasteiger partial charge >= 0.3 is 5.97 Å². The van der Waals surface area contributed by atoms with Crippen molar-refractivity contribution in [2.75, 3.05) is 0 Å². The molecule has 1 aromatic carbocycles. The van der Waals surface area contributed by atoms with Gasteiger partial charge in [0.2, 0.25) is 5.88 Å². The highest BCUT2D eigenvalue weighted by Crippen LogP contribution is 2.22. The van der Waals surface area contributed by atoms with E-state index in [0.29, 0.717) is 17.4 Å². The molecule has 6 heteroatoms. The van der Waals surface area contributed by atoms with E-state index >= 15 is 0 Å². The number of aromatic nitrogens is 2. The van der Waals surface area contributed by atoms with Crippen LogP contribution in [-0.4, -0.2) is 27.1 Å². The molecule has 0 aliphatic carbocycles. The molecule has 0 unspecified atom stereocenters. The Hall–Kier alpha value is -2.63. The lowest BCUT2D eigenvalue weighted by molar-refractivity contribution is -0.144. The largest absolute Gasteiger partial charge is 0.479 e. The first kappa shape index (κ1) is 12.8. The fourth-order valence-corrected chi connectivity index (χ4v) is 1.30. The SMILES string of the molecule is C[C@@H](Oc1ccc(Oc2cnccn2)cc1)C(=O)O. The normalized spacial score (nSPS) is 11.6. The third-order valence-electron chi connectivity index (χ3n) is 2.25. The van der Waals surface area contributed by atoms with Crippen molar-refractivity contribution in [3.63, 3.8) is 0 Å². The lowest BCUT2D eigenvalue weighted by Gasteiger charge is -2.10. The Labute approximate surface area is 109 Å². The molecule has 1 aromatic heterocycles. The molecule has 1 atom stereocenters. The van der Waals surface area contributed by atoms with Crippen LogP contribution in [0, 0.1) is 0 Å². The van der Waals surface area contributed by atoms with Crippen molar-refractivity contribution in [2.45, 2.75) is 13.0 Å². The Morgan fingerprint density at radius 1 is 1.21 bits per heavy atom. The zero-order valence-electron chi connectivity index (χ0n) is 10.2. The van der Waals surface area contributed by atoms with Crippen LogP contribution in [0.4, 0.5) is 0 Å². The molecule has 0 saturated carbocycles. The Bertz CT molecular complexity index is 542. The molecule has 2 rings (SSSR count). The highest BCUT2D eigenvalue weighted by molar-refractivity contribution is 5.72. The maximum atomic E-state index is 10.6. The van der Waals surface area contributed by atoms with Gasteiger partial charge in [0.1, 0.15) is 11.5 Å². The van der Waals surface area contributed by atoms with Gasteiger partial charge in [-0.15, -0.1) is 0 Å². The predicted molar refractivity (Wildman–Crippen MR) is 66.3 cm³/mol.